The summed E-state index contributed by atoms with van der Waals surface area (Å²) in [5.74, 6) is 0.979. The molecule has 1 aliphatic rings. The maximum Gasteiger partial charge on any atom is 0.401 e. The molecule has 1 saturated heterocycles. The number of halogens is 4. The maximum atomic E-state index is 12.3. The summed E-state index contributed by atoms with van der Waals surface area (Å²) in [6.07, 6.45) is -0.939. The van der Waals surface area contributed by atoms with Gasteiger partial charge in [0.1, 0.15) is 5.82 Å². The van der Waals surface area contributed by atoms with Gasteiger partial charge >= 0.3 is 6.18 Å². The standard InChI is InChI=1S/C11H14ClF3N4/c12-5-9-6-17-10(7-16-9)19-3-1-18(2-4-19)8-11(13,14)15/h6-7H,1-5,8H2. The lowest BCUT2D eigenvalue weighted by molar-refractivity contribution is -0.146. The van der Waals surface area contributed by atoms with Crippen molar-refractivity contribution >= 4 is 17.4 Å². The van der Waals surface area contributed by atoms with E-state index in [0.717, 1.165) is 0 Å². The van der Waals surface area contributed by atoms with Crippen LogP contribution in [0.5, 0.6) is 0 Å². The molecule has 106 valence electrons. The predicted octanol–water partition coefficient (Wildman–Crippen LogP) is 1.90. The summed E-state index contributed by atoms with van der Waals surface area (Å²) in [4.78, 5) is 11.7. The Morgan fingerprint density at radius 3 is 2.26 bits per heavy atom. The molecule has 19 heavy (non-hydrogen) atoms. The lowest BCUT2D eigenvalue weighted by Gasteiger charge is -2.35. The Morgan fingerprint density at radius 2 is 1.79 bits per heavy atom. The summed E-state index contributed by atoms with van der Waals surface area (Å²) in [6.45, 7) is 0.935. The molecule has 0 unspecified atom stereocenters. The van der Waals surface area contributed by atoms with Crippen molar-refractivity contribution in [2.24, 2.45) is 0 Å². The van der Waals surface area contributed by atoms with Crippen molar-refractivity contribution in [3.05, 3.63) is 18.1 Å². The third kappa shape index (κ3) is 4.21. The summed E-state index contributed by atoms with van der Waals surface area (Å²) >= 11 is 5.62. The van der Waals surface area contributed by atoms with Gasteiger partial charge in [-0.1, -0.05) is 0 Å². The highest BCUT2D eigenvalue weighted by molar-refractivity contribution is 6.16. The molecule has 1 aromatic heterocycles. The molecular formula is C11H14ClF3N4. The Labute approximate surface area is 114 Å². The summed E-state index contributed by atoms with van der Waals surface area (Å²) in [6, 6.07) is 0. The van der Waals surface area contributed by atoms with Gasteiger partial charge in [-0.25, -0.2) is 4.98 Å². The highest BCUT2D eigenvalue weighted by atomic mass is 35.5. The number of aromatic nitrogens is 2. The number of hydrogen-bond acceptors (Lipinski definition) is 4. The quantitative estimate of drug-likeness (QED) is 0.797. The Balaban J connectivity index is 1.88. The normalized spacial score (nSPS) is 17.8. The number of alkyl halides is 4. The van der Waals surface area contributed by atoms with Crippen molar-refractivity contribution in [2.75, 3.05) is 37.6 Å². The SMILES string of the molecule is FC(F)(F)CN1CCN(c2cnc(CCl)cn2)CC1. The van der Waals surface area contributed by atoms with E-state index in [-0.39, 0.29) is 0 Å². The summed E-state index contributed by atoms with van der Waals surface area (Å²) in [5.41, 5.74) is 0.682. The lowest BCUT2D eigenvalue weighted by Crippen LogP contribution is -2.49. The molecule has 0 saturated carbocycles. The zero-order valence-corrected chi connectivity index (χ0v) is 11.0. The molecule has 2 heterocycles. The Morgan fingerprint density at radius 1 is 1.11 bits per heavy atom. The number of hydrogen-bond donors (Lipinski definition) is 0. The van der Waals surface area contributed by atoms with Gasteiger partial charge < -0.3 is 4.90 Å². The Bertz CT molecular complexity index is 401. The maximum absolute atomic E-state index is 12.3. The molecule has 0 amide bonds. The van der Waals surface area contributed by atoms with Crippen LogP contribution in [0.1, 0.15) is 5.69 Å². The molecule has 0 spiro atoms. The molecule has 0 aliphatic carbocycles. The average Bonchev–Trinajstić information content (AvgIpc) is 2.38. The first-order valence-electron chi connectivity index (χ1n) is 5.89. The monoisotopic (exact) mass is 294 g/mol. The van der Waals surface area contributed by atoms with E-state index in [1.165, 1.54) is 4.90 Å². The zero-order chi connectivity index (χ0) is 13.9. The smallest absolute Gasteiger partial charge is 0.353 e. The predicted molar refractivity (Wildman–Crippen MR) is 66.3 cm³/mol. The molecule has 0 atom stereocenters. The van der Waals surface area contributed by atoms with Crippen LogP contribution in [0.15, 0.2) is 12.4 Å². The number of piperazine rings is 1. The van der Waals surface area contributed by atoms with Crippen LogP contribution in [-0.4, -0.2) is 53.8 Å². The second-order valence-electron chi connectivity index (χ2n) is 4.38. The molecule has 2 rings (SSSR count). The van der Waals surface area contributed by atoms with E-state index in [4.69, 9.17) is 11.6 Å². The van der Waals surface area contributed by atoms with Gasteiger partial charge in [0.15, 0.2) is 0 Å². The Hall–Kier alpha value is -1.08. The van der Waals surface area contributed by atoms with Crippen LogP contribution in [0, 0.1) is 0 Å². The molecule has 4 nitrogen and oxygen atoms in total. The topological polar surface area (TPSA) is 32.3 Å². The van der Waals surface area contributed by atoms with Crippen LogP contribution in [0.2, 0.25) is 0 Å². The lowest BCUT2D eigenvalue weighted by atomic mass is 10.3. The number of nitrogens with zero attached hydrogens (tertiary/aromatic N) is 4. The van der Waals surface area contributed by atoms with E-state index in [1.807, 2.05) is 4.90 Å². The average molecular weight is 295 g/mol. The van der Waals surface area contributed by atoms with Crippen LogP contribution >= 0.6 is 11.6 Å². The van der Waals surface area contributed by atoms with E-state index in [1.54, 1.807) is 12.4 Å². The largest absolute Gasteiger partial charge is 0.401 e. The fourth-order valence-corrected chi connectivity index (χ4v) is 2.11. The number of rotatable bonds is 3. The first kappa shape index (κ1) is 14.3. The minimum atomic E-state index is -4.13. The van der Waals surface area contributed by atoms with Crippen molar-refractivity contribution < 1.29 is 13.2 Å². The van der Waals surface area contributed by atoms with E-state index in [2.05, 4.69) is 9.97 Å². The molecule has 1 fully saturated rings. The minimum absolute atomic E-state index is 0.298. The van der Waals surface area contributed by atoms with Crippen LogP contribution in [-0.2, 0) is 5.88 Å². The highest BCUT2D eigenvalue weighted by Crippen LogP contribution is 2.19. The highest BCUT2D eigenvalue weighted by Gasteiger charge is 2.32. The van der Waals surface area contributed by atoms with Crippen LogP contribution in [0.25, 0.3) is 0 Å². The van der Waals surface area contributed by atoms with E-state index >= 15 is 0 Å². The van der Waals surface area contributed by atoms with E-state index < -0.39 is 12.7 Å². The summed E-state index contributed by atoms with van der Waals surface area (Å²) in [5, 5.41) is 0. The molecule has 0 aromatic carbocycles. The van der Waals surface area contributed by atoms with Crippen LogP contribution < -0.4 is 4.90 Å². The van der Waals surface area contributed by atoms with Gasteiger partial charge in [-0.05, 0) is 0 Å². The molecule has 0 N–H and O–H groups in total. The van der Waals surface area contributed by atoms with Crippen molar-refractivity contribution in [3.8, 4) is 0 Å². The molecule has 0 bridgehead atoms. The van der Waals surface area contributed by atoms with Crippen LogP contribution in [0.4, 0.5) is 19.0 Å². The number of anilines is 1. The fourth-order valence-electron chi connectivity index (χ4n) is 1.97. The van der Waals surface area contributed by atoms with Gasteiger partial charge in [0.25, 0.3) is 0 Å². The van der Waals surface area contributed by atoms with Crippen LogP contribution in [0.3, 0.4) is 0 Å². The van der Waals surface area contributed by atoms with Gasteiger partial charge in [-0.3, -0.25) is 9.88 Å². The molecular weight excluding hydrogens is 281 g/mol. The van der Waals surface area contributed by atoms with Gasteiger partial charge in [0.2, 0.25) is 0 Å². The van der Waals surface area contributed by atoms with Crippen molar-refractivity contribution in [1.82, 2.24) is 14.9 Å². The second kappa shape index (κ2) is 5.92. The van der Waals surface area contributed by atoms with Crippen molar-refractivity contribution in [1.29, 1.82) is 0 Å². The molecule has 1 aliphatic heterocycles. The van der Waals surface area contributed by atoms with Gasteiger partial charge in [-0.2, -0.15) is 13.2 Å². The third-order valence-corrected chi connectivity index (χ3v) is 3.20. The first-order valence-corrected chi connectivity index (χ1v) is 6.42. The fraction of sp³-hybridized carbons (Fsp3) is 0.636. The van der Waals surface area contributed by atoms with Crippen molar-refractivity contribution in [3.63, 3.8) is 0 Å². The van der Waals surface area contributed by atoms with Gasteiger partial charge in [0.05, 0.1) is 30.5 Å². The molecule has 1 aromatic rings. The first-order chi connectivity index (χ1) is 8.98. The summed E-state index contributed by atoms with van der Waals surface area (Å²) in [7, 11) is 0. The summed E-state index contributed by atoms with van der Waals surface area (Å²) < 4.78 is 36.8. The second-order valence-corrected chi connectivity index (χ2v) is 4.65. The van der Waals surface area contributed by atoms with Gasteiger partial charge in [-0.15, -0.1) is 11.6 Å². The zero-order valence-electron chi connectivity index (χ0n) is 10.2. The molecule has 8 heteroatoms. The minimum Gasteiger partial charge on any atom is -0.353 e. The third-order valence-electron chi connectivity index (χ3n) is 2.93. The Kier molecular flexibility index (Phi) is 4.46. The van der Waals surface area contributed by atoms with E-state index in [0.29, 0.717) is 43.6 Å². The van der Waals surface area contributed by atoms with Crippen molar-refractivity contribution in [2.45, 2.75) is 12.1 Å². The van der Waals surface area contributed by atoms with Gasteiger partial charge in [0, 0.05) is 26.2 Å². The molecule has 0 radical (unpaired) electrons. The van der Waals surface area contributed by atoms with E-state index in [9.17, 15) is 13.2 Å².